The minimum absolute atomic E-state index is 0.0316. The van der Waals surface area contributed by atoms with Crippen LogP contribution in [0.25, 0.3) is 33.7 Å². The number of carboxylic acid groups (broad SMARTS) is 1. The average Bonchev–Trinajstić information content (AvgIpc) is 3.48. The van der Waals surface area contributed by atoms with Crippen molar-refractivity contribution in [3.8, 4) is 34.7 Å². The van der Waals surface area contributed by atoms with Gasteiger partial charge < -0.3 is 18.9 Å². The van der Waals surface area contributed by atoms with E-state index in [0.717, 1.165) is 35.1 Å². The van der Waals surface area contributed by atoms with Crippen molar-refractivity contribution in [2.75, 3.05) is 0 Å². The summed E-state index contributed by atoms with van der Waals surface area (Å²) in [6.45, 7) is 4.65. The van der Waals surface area contributed by atoms with Crippen LogP contribution in [0, 0.1) is 11.3 Å². The van der Waals surface area contributed by atoms with Gasteiger partial charge in [0.1, 0.15) is 5.75 Å². The summed E-state index contributed by atoms with van der Waals surface area (Å²) in [4.78, 5) is 15.7. The molecule has 33 heavy (non-hydrogen) atoms. The average molecular weight is 442 g/mol. The first kappa shape index (κ1) is 20.8. The molecule has 8 nitrogen and oxygen atoms in total. The van der Waals surface area contributed by atoms with Crippen LogP contribution in [0.2, 0.25) is 0 Å². The van der Waals surface area contributed by atoms with Gasteiger partial charge in [-0.25, -0.2) is 0 Å². The molecule has 2 aromatic carbocycles. The molecule has 1 aliphatic rings. The molecule has 0 saturated carbocycles. The Labute approximate surface area is 190 Å². The van der Waals surface area contributed by atoms with E-state index < -0.39 is 5.97 Å². The maximum absolute atomic E-state index is 11.2. The van der Waals surface area contributed by atoms with E-state index in [1.54, 1.807) is 18.2 Å². The Morgan fingerprint density at radius 2 is 2.12 bits per heavy atom. The maximum atomic E-state index is 11.2. The van der Waals surface area contributed by atoms with Crippen LogP contribution in [0.15, 0.2) is 47.0 Å². The molecule has 1 aliphatic heterocycles. The highest BCUT2D eigenvalue weighted by Crippen LogP contribution is 2.37. The molecule has 8 heteroatoms. The fourth-order valence-electron chi connectivity index (χ4n) is 4.45. The predicted octanol–water partition coefficient (Wildman–Crippen LogP) is 4.98. The minimum atomic E-state index is -0.777. The van der Waals surface area contributed by atoms with E-state index in [4.69, 9.17) is 9.26 Å². The van der Waals surface area contributed by atoms with Gasteiger partial charge in [-0.1, -0.05) is 5.16 Å². The number of nitrogens with zero attached hydrogens (tertiary/aromatic N) is 4. The monoisotopic (exact) mass is 442 g/mol. The SMILES string of the molecule is CC(C)Oc1cc(C#N)cc(-c2nc(-c3ccc4c(c3)cc3n4CCC3CC(=O)O)no2)c1. The number of nitriles is 1. The number of hydrogen-bond acceptors (Lipinski definition) is 6. The van der Waals surface area contributed by atoms with Crippen molar-refractivity contribution < 1.29 is 19.2 Å². The van der Waals surface area contributed by atoms with Crippen molar-refractivity contribution in [1.82, 2.24) is 14.7 Å². The molecule has 0 aliphatic carbocycles. The first-order valence-corrected chi connectivity index (χ1v) is 10.8. The lowest BCUT2D eigenvalue weighted by atomic mass is 10.0. The van der Waals surface area contributed by atoms with Gasteiger partial charge in [-0.3, -0.25) is 4.79 Å². The van der Waals surface area contributed by atoms with Crippen LogP contribution in [-0.4, -0.2) is 31.9 Å². The van der Waals surface area contributed by atoms with Gasteiger partial charge >= 0.3 is 5.97 Å². The number of ether oxygens (including phenoxy) is 1. The molecular weight excluding hydrogens is 420 g/mol. The normalized spacial score (nSPS) is 15.0. The number of fused-ring (bicyclic) bond motifs is 3. The molecule has 3 heterocycles. The second kappa shape index (κ2) is 8.10. The molecule has 0 bridgehead atoms. The third kappa shape index (κ3) is 3.94. The molecule has 0 fully saturated rings. The molecule has 166 valence electrons. The van der Waals surface area contributed by atoms with E-state index in [2.05, 4.69) is 26.8 Å². The summed E-state index contributed by atoms with van der Waals surface area (Å²) in [5, 5.41) is 23.7. The highest BCUT2D eigenvalue weighted by atomic mass is 16.5. The number of aryl methyl sites for hydroxylation is 1. The molecule has 0 spiro atoms. The molecule has 4 aromatic rings. The van der Waals surface area contributed by atoms with E-state index in [1.165, 1.54) is 0 Å². The van der Waals surface area contributed by atoms with Crippen molar-refractivity contribution in [1.29, 1.82) is 5.26 Å². The fourth-order valence-corrected chi connectivity index (χ4v) is 4.45. The Bertz CT molecular complexity index is 1410. The summed E-state index contributed by atoms with van der Waals surface area (Å²) >= 11 is 0. The van der Waals surface area contributed by atoms with Gasteiger partial charge in [0.25, 0.3) is 5.89 Å². The topological polar surface area (TPSA) is 114 Å². The summed E-state index contributed by atoms with van der Waals surface area (Å²) in [5.74, 6) is 0.566. The van der Waals surface area contributed by atoms with Gasteiger partial charge in [0.15, 0.2) is 0 Å². The van der Waals surface area contributed by atoms with E-state index in [-0.39, 0.29) is 18.4 Å². The standard InChI is InChI=1S/C25H22N4O4/c1-14(2)32-20-8-15(13-26)7-19(10-20)25-27-24(28-33-25)17-3-4-21-18(9-17)11-22-16(12-23(30)31)5-6-29(21)22/h3-4,7-11,14,16H,5-6,12H2,1-2H3,(H,30,31). The predicted molar refractivity (Wildman–Crippen MR) is 121 cm³/mol. The molecule has 0 radical (unpaired) electrons. The number of benzene rings is 2. The van der Waals surface area contributed by atoms with E-state index in [1.807, 2.05) is 32.0 Å². The molecule has 5 rings (SSSR count). The summed E-state index contributed by atoms with van der Waals surface area (Å²) in [5.41, 5.74) is 3.99. The number of rotatable bonds is 6. The molecule has 1 atom stereocenters. The first-order chi connectivity index (χ1) is 15.9. The van der Waals surface area contributed by atoms with Crippen molar-refractivity contribution in [2.45, 2.75) is 45.3 Å². The fraction of sp³-hybridized carbons (Fsp3) is 0.280. The number of aliphatic carboxylic acids is 1. The van der Waals surface area contributed by atoms with Crippen LogP contribution in [0.1, 0.15) is 43.9 Å². The first-order valence-electron chi connectivity index (χ1n) is 10.8. The highest BCUT2D eigenvalue weighted by molar-refractivity contribution is 5.86. The van der Waals surface area contributed by atoms with Gasteiger partial charge in [0.2, 0.25) is 5.82 Å². The Balaban J connectivity index is 1.48. The lowest BCUT2D eigenvalue weighted by Crippen LogP contribution is -2.05. The zero-order chi connectivity index (χ0) is 23.1. The van der Waals surface area contributed by atoms with E-state index in [0.29, 0.717) is 28.6 Å². The molecule has 0 amide bonds. The minimum Gasteiger partial charge on any atom is -0.491 e. The number of aromatic nitrogens is 3. The van der Waals surface area contributed by atoms with Gasteiger partial charge in [0.05, 0.1) is 24.2 Å². The third-order valence-corrected chi connectivity index (χ3v) is 5.81. The van der Waals surface area contributed by atoms with Crippen molar-refractivity contribution in [3.05, 3.63) is 53.7 Å². The van der Waals surface area contributed by atoms with Crippen LogP contribution in [-0.2, 0) is 11.3 Å². The van der Waals surface area contributed by atoms with Crippen LogP contribution in [0.5, 0.6) is 5.75 Å². The highest BCUT2D eigenvalue weighted by Gasteiger charge is 2.27. The number of carboxylic acids is 1. The maximum Gasteiger partial charge on any atom is 0.304 e. The lowest BCUT2D eigenvalue weighted by Gasteiger charge is -2.10. The summed E-state index contributed by atoms with van der Waals surface area (Å²) < 4.78 is 13.4. The Morgan fingerprint density at radius 3 is 2.88 bits per heavy atom. The molecular formula is C25H22N4O4. The smallest absolute Gasteiger partial charge is 0.304 e. The second-order valence-electron chi connectivity index (χ2n) is 8.53. The summed E-state index contributed by atoms with van der Waals surface area (Å²) in [6, 6.07) is 15.3. The Morgan fingerprint density at radius 1 is 1.27 bits per heavy atom. The van der Waals surface area contributed by atoms with Gasteiger partial charge in [-0.2, -0.15) is 10.2 Å². The Hall–Kier alpha value is -4.12. The largest absolute Gasteiger partial charge is 0.491 e. The van der Waals surface area contributed by atoms with Crippen LogP contribution in [0.3, 0.4) is 0 Å². The summed E-state index contributed by atoms with van der Waals surface area (Å²) in [7, 11) is 0. The lowest BCUT2D eigenvalue weighted by molar-refractivity contribution is -0.137. The van der Waals surface area contributed by atoms with Crippen LogP contribution < -0.4 is 4.74 Å². The number of carbonyl (C=O) groups is 1. The van der Waals surface area contributed by atoms with Gasteiger partial charge in [0, 0.05) is 40.2 Å². The van der Waals surface area contributed by atoms with Crippen molar-refractivity contribution in [3.63, 3.8) is 0 Å². The quantitative estimate of drug-likeness (QED) is 0.448. The van der Waals surface area contributed by atoms with Crippen molar-refractivity contribution in [2.24, 2.45) is 0 Å². The zero-order valence-electron chi connectivity index (χ0n) is 18.3. The van der Waals surface area contributed by atoms with Crippen molar-refractivity contribution >= 4 is 16.9 Å². The number of hydrogen-bond donors (Lipinski definition) is 1. The molecule has 1 N–H and O–H groups in total. The third-order valence-electron chi connectivity index (χ3n) is 5.81. The van der Waals surface area contributed by atoms with Crippen LogP contribution in [0.4, 0.5) is 0 Å². The van der Waals surface area contributed by atoms with E-state index >= 15 is 0 Å². The summed E-state index contributed by atoms with van der Waals surface area (Å²) in [6.07, 6.45) is 0.954. The molecule has 1 unspecified atom stereocenters. The van der Waals surface area contributed by atoms with E-state index in [9.17, 15) is 15.2 Å². The molecule has 0 saturated heterocycles. The van der Waals surface area contributed by atoms with Gasteiger partial charge in [-0.15, -0.1) is 0 Å². The Kier molecular flexibility index (Phi) is 5.09. The zero-order valence-corrected chi connectivity index (χ0v) is 18.3. The van der Waals surface area contributed by atoms with Gasteiger partial charge in [-0.05, 0) is 62.7 Å². The van der Waals surface area contributed by atoms with Crippen LogP contribution >= 0.6 is 0 Å². The molecule has 2 aromatic heterocycles. The second-order valence-corrected chi connectivity index (χ2v) is 8.53.